The van der Waals surface area contributed by atoms with Crippen LogP contribution in [0.5, 0.6) is 0 Å². The van der Waals surface area contributed by atoms with Gasteiger partial charge in [-0.25, -0.2) is 0 Å². The summed E-state index contributed by atoms with van der Waals surface area (Å²) >= 11 is 0. The van der Waals surface area contributed by atoms with E-state index in [1.807, 2.05) is 0 Å². The average molecular weight is 234 g/mol. The molecule has 0 fully saturated rings. The Labute approximate surface area is 106 Å². The van der Waals surface area contributed by atoms with Crippen molar-refractivity contribution in [1.82, 2.24) is 5.43 Å². The number of hydrazine groups is 1. The van der Waals surface area contributed by atoms with Crippen molar-refractivity contribution in [3.63, 3.8) is 0 Å². The molecule has 0 aliphatic heterocycles. The van der Waals surface area contributed by atoms with Crippen LogP contribution >= 0.6 is 0 Å². The van der Waals surface area contributed by atoms with Gasteiger partial charge in [0.25, 0.3) is 0 Å². The maximum atomic E-state index is 5.63. The second-order valence-electron chi connectivity index (χ2n) is 5.38. The molecule has 0 radical (unpaired) electrons. The average Bonchev–Trinajstić information content (AvgIpc) is 2.27. The number of hydrogen-bond donors (Lipinski definition) is 2. The molecule has 0 amide bonds. The summed E-state index contributed by atoms with van der Waals surface area (Å²) in [6.07, 6.45) is 4.71. The Kier molecular flexibility index (Phi) is 6.23. The standard InChI is InChI=1S/C15H26N2/c1-12(2)6-4-9-15(17-16)11-14-8-5-7-13(3)10-14/h5,7-8,10,12,15,17H,4,6,9,11,16H2,1-3H3. The molecule has 1 atom stereocenters. The smallest absolute Gasteiger partial charge is 0.0250 e. The molecule has 0 aromatic heterocycles. The molecule has 0 spiro atoms. The summed E-state index contributed by atoms with van der Waals surface area (Å²) in [4.78, 5) is 0. The minimum atomic E-state index is 0.399. The summed E-state index contributed by atoms with van der Waals surface area (Å²) in [5, 5.41) is 0. The van der Waals surface area contributed by atoms with Crippen LogP contribution in [-0.2, 0) is 6.42 Å². The van der Waals surface area contributed by atoms with Crippen molar-refractivity contribution in [3.05, 3.63) is 35.4 Å². The van der Waals surface area contributed by atoms with Crippen LogP contribution in [0.1, 0.15) is 44.2 Å². The van der Waals surface area contributed by atoms with Crippen molar-refractivity contribution in [2.24, 2.45) is 11.8 Å². The SMILES string of the molecule is Cc1cccc(CC(CCCC(C)C)NN)c1. The fraction of sp³-hybridized carbons (Fsp3) is 0.600. The van der Waals surface area contributed by atoms with Gasteiger partial charge in [0.2, 0.25) is 0 Å². The molecule has 96 valence electrons. The van der Waals surface area contributed by atoms with E-state index >= 15 is 0 Å². The summed E-state index contributed by atoms with van der Waals surface area (Å²) in [7, 11) is 0. The lowest BCUT2D eigenvalue weighted by atomic mass is 9.98. The van der Waals surface area contributed by atoms with Gasteiger partial charge in [0, 0.05) is 6.04 Å². The fourth-order valence-electron chi connectivity index (χ4n) is 2.14. The van der Waals surface area contributed by atoms with Crippen LogP contribution in [0, 0.1) is 12.8 Å². The third-order valence-electron chi connectivity index (χ3n) is 3.13. The van der Waals surface area contributed by atoms with E-state index < -0.39 is 0 Å². The molecule has 3 N–H and O–H groups in total. The first-order valence-electron chi connectivity index (χ1n) is 6.63. The molecular formula is C15H26N2. The highest BCUT2D eigenvalue weighted by molar-refractivity contribution is 5.22. The zero-order chi connectivity index (χ0) is 12.7. The van der Waals surface area contributed by atoms with Crippen molar-refractivity contribution in [3.8, 4) is 0 Å². The third kappa shape index (κ3) is 5.85. The lowest BCUT2D eigenvalue weighted by Crippen LogP contribution is -2.36. The third-order valence-corrected chi connectivity index (χ3v) is 3.13. The molecular weight excluding hydrogens is 208 g/mol. The van der Waals surface area contributed by atoms with Gasteiger partial charge in [-0.1, -0.05) is 56.5 Å². The molecule has 0 aliphatic carbocycles. The van der Waals surface area contributed by atoms with Gasteiger partial charge in [-0.05, 0) is 31.2 Å². The quantitative estimate of drug-likeness (QED) is 0.561. The lowest BCUT2D eigenvalue weighted by Gasteiger charge is -2.16. The van der Waals surface area contributed by atoms with Gasteiger partial charge >= 0.3 is 0 Å². The van der Waals surface area contributed by atoms with Gasteiger partial charge in [-0.15, -0.1) is 0 Å². The first-order chi connectivity index (χ1) is 8.11. The molecule has 1 unspecified atom stereocenters. The molecule has 0 heterocycles. The lowest BCUT2D eigenvalue weighted by molar-refractivity contribution is 0.441. The molecule has 0 saturated carbocycles. The number of rotatable bonds is 7. The fourth-order valence-corrected chi connectivity index (χ4v) is 2.14. The Hall–Kier alpha value is -0.860. The van der Waals surface area contributed by atoms with Crippen molar-refractivity contribution in [1.29, 1.82) is 0 Å². The molecule has 0 aliphatic rings. The number of hydrogen-bond acceptors (Lipinski definition) is 2. The van der Waals surface area contributed by atoms with Gasteiger partial charge in [0.1, 0.15) is 0 Å². The van der Waals surface area contributed by atoms with Crippen LogP contribution in [-0.4, -0.2) is 6.04 Å². The first-order valence-corrected chi connectivity index (χ1v) is 6.63. The Balaban J connectivity index is 2.41. The molecule has 2 nitrogen and oxygen atoms in total. The van der Waals surface area contributed by atoms with Gasteiger partial charge in [-0.2, -0.15) is 0 Å². The van der Waals surface area contributed by atoms with Crippen LogP contribution < -0.4 is 11.3 Å². The van der Waals surface area contributed by atoms with E-state index in [2.05, 4.69) is 50.5 Å². The minimum absolute atomic E-state index is 0.399. The normalized spacial score (nSPS) is 13.0. The van der Waals surface area contributed by atoms with Crippen LogP contribution in [0.2, 0.25) is 0 Å². The molecule has 1 aromatic carbocycles. The zero-order valence-corrected chi connectivity index (χ0v) is 11.4. The van der Waals surface area contributed by atoms with Crippen LogP contribution in [0.15, 0.2) is 24.3 Å². The molecule has 1 aromatic rings. The molecule has 2 heteroatoms. The minimum Gasteiger partial charge on any atom is -0.271 e. The predicted molar refractivity (Wildman–Crippen MR) is 74.7 cm³/mol. The van der Waals surface area contributed by atoms with E-state index in [0.29, 0.717) is 6.04 Å². The molecule has 0 saturated heterocycles. The van der Waals surface area contributed by atoms with E-state index in [1.54, 1.807) is 0 Å². The number of benzene rings is 1. The van der Waals surface area contributed by atoms with Crippen LogP contribution in [0.25, 0.3) is 0 Å². The summed E-state index contributed by atoms with van der Waals surface area (Å²) in [5.74, 6) is 6.41. The van der Waals surface area contributed by atoms with Crippen molar-refractivity contribution < 1.29 is 0 Å². The monoisotopic (exact) mass is 234 g/mol. The Bertz CT molecular complexity index is 320. The predicted octanol–water partition coefficient (Wildman–Crippen LogP) is 3.20. The van der Waals surface area contributed by atoms with Crippen molar-refractivity contribution >= 4 is 0 Å². The summed E-state index contributed by atoms with van der Waals surface area (Å²) in [6, 6.07) is 9.07. The van der Waals surface area contributed by atoms with Gasteiger partial charge in [0.15, 0.2) is 0 Å². The summed E-state index contributed by atoms with van der Waals surface area (Å²) < 4.78 is 0. The van der Waals surface area contributed by atoms with E-state index in [9.17, 15) is 0 Å². The van der Waals surface area contributed by atoms with Gasteiger partial charge < -0.3 is 0 Å². The Morgan fingerprint density at radius 2 is 2.00 bits per heavy atom. The largest absolute Gasteiger partial charge is 0.271 e. The van der Waals surface area contributed by atoms with Gasteiger partial charge in [0.05, 0.1) is 0 Å². The maximum Gasteiger partial charge on any atom is 0.0250 e. The van der Waals surface area contributed by atoms with E-state index in [0.717, 1.165) is 18.8 Å². The molecule has 0 bridgehead atoms. The number of nitrogens with one attached hydrogen (secondary N) is 1. The van der Waals surface area contributed by atoms with Gasteiger partial charge in [-0.3, -0.25) is 11.3 Å². The van der Waals surface area contributed by atoms with E-state index in [4.69, 9.17) is 5.84 Å². The zero-order valence-electron chi connectivity index (χ0n) is 11.4. The van der Waals surface area contributed by atoms with E-state index in [-0.39, 0.29) is 0 Å². The first kappa shape index (κ1) is 14.2. The van der Waals surface area contributed by atoms with Crippen molar-refractivity contribution in [2.75, 3.05) is 0 Å². The highest BCUT2D eigenvalue weighted by Crippen LogP contribution is 2.12. The Morgan fingerprint density at radius 3 is 2.59 bits per heavy atom. The second-order valence-corrected chi connectivity index (χ2v) is 5.38. The number of nitrogens with two attached hydrogens (primary N) is 1. The highest BCUT2D eigenvalue weighted by atomic mass is 15.2. The molecule has 17 heavy (non-hydrogen) atoms. The van der Waals surface area contributed by atoms with Crippen molar-refractivity contribution in [2.45, 2.75) is 52.5 Å². The highest BCUT2D eigenvalue weighted by Gasteiger charge is 2.08. The maximum absolute atomic E-state index is 5.63. The summed E-state index contributed by atoms with van der Waals surface area (Å²) in [5.41, 5.74) is 5.64. The summed E-state index contributed by atoms with van der Waals surface area (Å²) in [6.45, 7) is 6.67. The van der Waals surface area contributed by atoms with E-state index in [1.165, 1.54) is 24.0 Å². The van der Waals surface area contributed by atoms with Crippen LogP contribution in [0.4, 0.5) is 0 Å². The Morgan fingerprint density at radius 1 is 1.24 bits per heavy atom. The topological polar surface area (TPSA) is 38.0 Å². The van der Waals surface area contributed by atoms with Crippen LogP contribution in [0.3, 0.4) is 0 Å². The second kappa shape index (κ2) is 7.46. The number of aryl methyl sites for hydroxylation is 1. The molecule has 1 rings (SSSR count).